The van der Waals surface area contributed by atoms with Gasteiger partial charge in [-0.15, -0.1) is 0 Å². The minimum Gasteiger partial charge on any atom is -0.394 e. The lowest BCUT2D eigenvalue weighted by Crippen LogP contribution is -2.65. The summed E-state index contributed by atoms with van der Waals surface area (Å²) in [5.74, 6) is 3.31. The molecule has 6 aliphatic heterocycles. The van der Waals surface area contributed by atoms with E-state index < -0.39 is 142 Å². The van der Waals surface area contributed by atoms with Gasteiger partial charge in [0.1, 0.15) is 85.5 Å². The molecule has 71 heavy (non-hydrogen) atoms. The van der Waals surface area contributed by atoms with Crippen LogP contribution in [0.2, 0.25) is 0 Å². The predicted octanol–water partition coefficient (Wildman–Crippen LogP) is -1.24. The highest BCUT2D eigenvalue weighted by Crippen LogP contribution is 2.71. The Morgan fingerprint density at radius 3 is 1.94 bits per heavy atom. The third-order valence-corrected chi connectivity index (χ3v) is 20.0. The van der Waals surface area contributed by atoms with Gasteiger partial charge in [0, 0.05) is 12.3 Å². The molecule has 1 spiro atoms. The number of fused-ring (bicyclic) bond motifs is 7. The van der Waals surface area contributed by atoms with Crippen molar-refractivity contribution in [2.75, 3.05) is 26.4 Å². The van der Waals surface area contributed by atoms with Crippen molar-refractivity contribution in [3.05, 3.63) is 0 Å². The molecule has 0 aromatic carbocycles. The zero-order chi connectivity index (χ0) is 50.6. The molecule has 0 unspecified atom stereocenters. The van der Waals surface area contributed by atoms with Crippen LogP contribution >= 0.6 is 0 Å². The number of ether oxygens (including phenoxy) is 10. The van der Waals surface area contributed by atoms with Crippen LogP contribution in [0.25, 0.3) is 0 Å². The monoisotopic (exact) mass is 1020 g/mol. The molecule has 0 bridgehead atoms. The van der Waals surface area contributed by atoms with Crippen molar-refractivity contribution in [1.29, 1.82) is 0 Å². The van der Waals surface area contributed by atoms with E-state index in [0.717, 1.165) is 58.0 Å². The summed E-state index contributed by atoms with van der Waals surface area (Å²) in [7, 11) is 0. The topological polar surface area (TPSA) is 315 Å². The van der Waals surface area contributed by atoms with Gasteiger partial charge in [0.25, 0.3) is 0 Å². The van der Waals surface area contributed by atoms with Crippen LogP contribution in [0.1, 0.15) is 98.8 Å². The van der Waals surface area contributed by atoms with Crippen LogP contribution in [0.4, 0.5) is 0 Å². The summed E-state index contributed by atoms with van der Waals surface area (Å²) in [5, 5.41) is 118. The molecule has 10 aliphatic rings. The van der Waals surface area contributed by atoms with Crippen molar-refractivity contribution < 1.29 is 104 Å². The molecular formula is C50H82O21. The Bertz CT molecular complexity index is 1810. The molecule has 4 saturated carbocycles. The van der Waals surface area contributed by atoms with Gasteiger partial charge in [0.15, 0.2) is 30.9 Å². The van der Waals surface area contributed by atoms with Gasteiger partial charge in [-0.25, -0.2) is 0 Å². The summed E-state index contributed by atoms with van der Waals surface area (Å²) >= 11 is 0. The Morgan fingerprint density at radius 1 is 0.563 bits per heavy atom. The van der Waals surface area contributed by atoms with E-state index in [-0.39, 0.29) is 23.0 Å². The van der Waals surface area contributed by atoms with Crippen LogP contribution in [-0.2, 0) is 47.4 Å². The van der Waals surface area contributed by atoms with Gasteiger partial charge in [-0.2, -0.15) is 0 Å². The third kappa shape index (κ3) is 9.30. The average molecular weight is 1020 g/mol. The second-order valence-electron chi connectivity index (χ2n) is 23.9. The largest absolute Gasteiger partial charge is 0.394 e. The van der Waals surface area contributed by atoms with Crippen molar-refractivity contribution in [3.63, 3.8) is 0 Å². The summed E-state index contributed by atoms with van der Waals surface area (Å²) in [6, 6.07) is 0. The van der Waals surface area contributed by atoms with Crippen LogP contribution < -0.4 is 0 Å². The van der Waals surface area contributed by atoms with E-state index in [9.17, 15) is 56.2 Å². The minimum atomic E-state index is -1.86. The van der Waals surface area contributed by atoms with Gasteiger partial charge in [-0.05, 0) is 111 Å². The van der Waals surface area contributed by atoms with Crippen LogP contribution in [0.5, 0.6) is 0 Å². The fraction of sp³-hybridized carbons (Fsp3) is 1.00. The van der Waals surface area contributed by atoms with Gasteiger partial charge in [-0.1, -0.05) is 27.7 Å². The molecule has 11 N–H and O–H groups in total. The smallest absolute Gasteiger partial charge is 0.187 e. The van der Waals surface area contributed by atoms with Gasteiger partial charge in [0.05, 0.1) is 44.7 Å². The van der Waals surface area contributed by atoms with Crippen LogP contribution in [-0.4, -0.2) is 217 Å². The number of aliphatic hydroxyl groups is 11. The summed E-state index contributed by atoms with van der Waals surface area (Å²) in [5.41, 5.74) is 0.369. The lowest BCUT2D eigenvalue weighted by Gasteiger charge is -2.61. The molecule has 21 heteroatoms. The Kier molecular flexibility index (Phi) is 15.5. The third-order valence-electron chi connectivity index (χ3n) is 20.0. The molecule has 6 saturated heterocycles. The van der Waals surface area contributed by atoms with Crippen LogP contribution in [0.3, 0.4) is 0 Å². The highest BCUT2D eigenvalue weighted by Gasteiger charge is 2.69. The van der Waals surface area contributed by atoms with Gasteiger partial charge >= 0.3 is 0 Å². The Hall–Kier alpha value is -0.840. The molecule has 31 atom stereocenters. The second-order valence-corrected chi connectivity index (χ2v) is 23.9. The zero-order valence-corrected chi connectivity index (χ0v) is 41.6. The van der Waals surface area contributed by atoms with Gasteiger partial charge in [0.2, 0.25) is 0 Å². The Balaban J connectivity index is 0.721. The van der Waals surface area contributed by atoms with Crippen molar-refractivity contribution >= 4 is 0 Å². The fourth-order valence-corrected chi connectivity index (χ4v) is 15.7. The molecule has 0 radical (unpaired) electrons. The van der Waals surface area contributed by atoms with Crippen LogP contribution in [0, 0.1) is 52.3 Å². The molecule has 0 amide bonds. The quantitative estimate of drug-likeness (QED) is 0.114. The van der Waals surface area contributed by atoms with E-state index in [1.165, 1.54) is 19.8 Å². The molecule has 10 rings (SSSR count). The fourth-order valence-electron chi connectivity index (χ4n) is 15.7. The van der Waals surface area contributed by atoms with E-state index in [1.54, 1.807) is 0 Å². The number of hydrogen-bond donors (Lipinski definition) is 11. The first-order valence-electron chi connectivity index (χ1n) is 26.6. The first-order chi connectivity index (χ1) is 33.7. The normalized spacial score (nSPS) is 58.5. The van der Waals surface area contributed by atoms with E-state index in [4.69, 9.17) is 47.4 Å². The maximum absolute atomic E-state index is 11.2. The van der Waals surface area contributed by atoms with Crippen molar-refractivity contribution in [3.8, 4) is 0 Å². The maximum Gasteiger partial charge on any atom is 0.187 e. The highest BCUT2D eigenvalue weighted by atomic mass is 16.8. The van der Waals surface area contributed by atoms with Crippen molar-refractivity contribution in [2.24, 2.45) is 52.3 Å². The van der Waals surface area contributed by atoms with E-state index in [1.807, 2.05) is 0 Å². The first kappa shape index (κ1) is 53.6. The molecule has 6 heterocycles. The first-order valence-corrected chi connectivity index (χ1v) is 26.6. The molecule has 21 nitrogen and oxygen atoms in total. The molecule has 4 aliphatic carbocycles. The average Bonchev–Trinajstić information content (AvgIpc) is 3.80. The molecule has 408 valence electrons. The zero-order valence-electron chi connectivity index (χ0n) is 41.6. The van der Waals surface area contributed by atoms with Gasteiger partial charge in [-0.3, -0.25) is 0 Å². The maximum atomic E-state index is 11.2. The Labute approximate surface area is 414 Å². The predicted molar refractivity (Wildman–Crippen MR) is 241 cm³/mol. The second kappa shape index (κ2) is 20.5. The number of rotatable bonds is 10. The van der Waals surface area contributed by atoms with E-state index in [0.29, 0.717) is 41.4 Å². The molecule has 0 aromatic rings. The lowest BCUT2D eigenvalue weighted by atomic mass is 9.44. The van der Waals surface area contributed by atoms with Crippen LogP contribution in [0.15, 0.2) is 0 Å². The summed E-state index contributed by atoms with van der Waals surface area (Å²) in [6.45, 7) is 10.3. The van der Waals surface area contributed by atoms with E-state index in [2.05, 4.69) is 27.7 Å². The van der Waals surface area contributed by atoms with Crippen molar-refractivity contribution in [2.45, 2.75) is 234 Å². The molecule has 10 fully saturated rings. The van der Waals surface area contributed by atoms with E-state index >= 15 is 0 Å². The lowest BCUT2D eigenvalue weighted by molar-refractivity contribution is -0.380. The Morgan fingerprint density at radius 2 is 1.24 bits per heavy atom. The number of aliphatic hydroxyl groups excluding tert-OH is 11. The SMILES string of the molecule is C[C@H]1CC[C@@]2(OC1)O[C@H]1C[C@@H]3[C@@H]4CC[C@@H]5C[C@H](O[C@@H]6O[C@H](CO[C@@H]7OC[C@H](O[C@@H]8O[C@@H](C)[C@H](O)[C@@H](O)[C@H]8O[C@@H]8O[C@H](CO)[C@@H](O)[C@H](O)[C@H]8O)[C@H](O)[C@H]7O)[C@@H](O)[C@H](O)[C@H]6O)CC[C@@]5(C)[C@H]4CC[C@@]3(C)[C@H]1[C@@H]2C. The minimum absolute atomic E-state index is 0.140. The standard InChI is InChI=1S/C50H82O21/c1-20-8-13-50(64-17-20)21(2)32-28(71-50)15-27-25-7-6-23-14-24(9-11-48(23,4)26(25)10-12-49(27,32)5)66-45-41(60)38(57)35(54)30(68-45)18-62-44-40(59)36(55)31(19-63-44)69-47-43(39(58)33(52)22(3)65-47)70-46-42(61)37(56)34(53)29(16-51)67-46/h20-47,51-61H,6-19H2,1-5H3/t20-,21-,22-,23+,24+,25+,26-,27+,28-,29+,30+,31-,32-,33-,34+,35+,36-,37-,38-,39+,40+,41+,42+,43+,44+,45+,46-,47-,48+,49+,50+/m0/s1. The van der Waals surface area contributed by atoms with Gasteiger partial charge < -0.3 is 104 Å². The molecule has 0 aromatic heterocycles. The molecular weight excluding hydrogens is 937 g/mol. The summed E-state index contributed by atoms with van der Waals surface area (Å²) in [6.07, 6.45) is -19.2. The highest BCUT2D eigenvalue weighted by molar-refractivity contribution is 5.15. The summed E-state index contributed by atoms with van der Waals surface area (Å²) < 4.78 is 60.5. The number of hydrogen-bond acceptors (Lipinski definition) is 21. The van der Waals surface area contributed by atoms with Crippen molar-refractivity contribution in [1.82, 2.24) is 0 Å². The summed E-state index contributed by atoms with van der Waals surface area (Å²) in [4.78, 5) is 0.